The molecule has 4 rings (SSSR count). The molecule has 0 bridgehead atoms. The number of nitrogens with one attached hydrogen (secondary N) is 1. The lowest BCUT2D eigenvalue weighted by molar-refractivity contribution is -0.130. The number of carbonyl (C=O) groups is 2. The lowest BCUT2D eigenvalue weighted by Crippen LogP contribution is -2.49. The van der Waals surface area contributed by atoms with E-state index in [4.69, 9.17) is 9.47 Å². The van der Waals surface area contributed by atoms with E-state index in [0.29, 0.717) is 26.2 Å². The molecule has 2 saturated heterocycles. The van der Waals surface area contributed by atoms with Gasteiger partial charge in [0, 0.05) is 43.8 Å². The van der Waals surface area contributed by atoms with Gasteiger partial charge in [0.1, 0.15) is 11.4 Å². The lowest BCUT2D eigenvalue weighted by Gasteiger charge is -2.44. The molecule has 6 heteroatoms. The van der Waals surface area contributed by atoms with Crippen molar-refractivity contribution in [1.29, 1.82) is 0 Å². The van der Waals surface area contributed by atoms with Gasteiger partial charge < -0.3 is 19.7 Å². The average Bonchev–Trinajstić information content (AvgIpc) is 3.04. The predicted octanol–water partition coefficient (Wildman–Crippen LogP) is 2.43. The van der Waals surface area contributed by atoms with E-state index in [2.05, 4.69) is 5.32 Å². The summed E-state index contributed by atoms with van der Waals surface area (Å²) in [5, 5.41) is 3.23. The zero-order valence-corrected chi connectivity index (χ0v) is 16.1. The van der Waals surface area contributed by atoms with Gasteiger partial charge in [-0.2, -0.15) is 0 Å². The van der Waals surface area contributed by atoms with Crippen LogP contribution in [0.3, 0.4) is 0 Å². The molecule has 0 saturated carbocycles. The van der Waals surface area contributed by atoms with Crippen molar-refractivity contribution in [2.45, 2.75) is 57.2 Å². The molecule has 2 fully saturated rings. The van der Waals surface area contributed by atoms with Crippen molar-refractivity contribution in [1.82, 2.24) is 10.2 Å². The summed E-state index contributed by atoms with van der Waals surface area (Å²) < 4.78 is 11.9. The van der Waals surface area contributed by atoms with E-state index in [0.717, 1.165) is 30.6 Å². The first-order valence-corrected chi connectivity index (χ1v) is 9.93. The molecule has 146 valence electrons. The monoisotopic (exact) mass is 372 g/mol. The molecule has 0 radical (unpaired) electrons. The number of benzene rings is 1. The van der Waals surface area contributed by atoms with E-state index in [-0.39, 0.29) is 35.4 Å². The predicted molar refractivity (Wildman–Crippen MR) is 100 cm³/mol. The normalized spacial score (nSPS) is 26.8. The standard InChI is InChI=1S/C21H28N2O4/c1-14(2)23-13-15(11-19(23)24)20(25)22-17-12-21(7-9-26-10-8-21)27-18-6-4-3-5-16(17)18/h3-6,14-15,17H,7-13H2,1-2H3,(H,22,25)/t15-,17+/m0/s1. The van der Waals surface area contributed by atoms with Crippen LogP contribution in [-0.4, -0.2) is 48.1 Å². The van der Waals surface area contributed by atoms with Crippen molar-refractivity contribution in [3.8, 4) is 5.75 Å². The van der Waals surface area contributed by atoms with Crippen molar-refractivity contribution < 1.29 is 19.1 Å². The first-order chi connectivity index (χ1) is 13.0. The molecule has 0 unspecified atom stereocenters. The smallest absolute Gasteiger partial charge is 0.225 e. The maximum Gasteiger partial charge on any atom is 0.225 e. The number of hydrogen-bond donors (Lipinski definition) is 1. The molecule has 1 spiro atoms. The van der Waals surface area contributed by atoms with Crippen molar-refractivity contribution >= 4 is 11.8 Å². The molecular weight excluding hydrogens is 344 g/mol. The number of rotatable bonds is 3. The van der Waals surface area contributed by atoms with Crippen molar-refractivity contribution in [3.63, 3.8) is 0 Å². The summed E-state index contributed by atoms with van der Waals surface area (Å²) >= 11 is 0. The molecule has 3 aliphatic rings. The number of amides is 2. The van der Waals surface area contributed by atoms with Crippen LogP contribution in [0.4, 0.5) is 0 Å². The van der Waals surface area contributed by atoms with Gasteiger partial charge in [0.25, 0.3) is 0 Å². The maximum absolute atomic E-state index is 13.0. The summed E-state index contributed by atoms with van der Waals surface area (Å²) in [4.78, 5) is 26.9. The number of likely N-dealkylation sites (tertiary alicyclic amines) is 1. The summed E-state index contributed by atoms with van der Waals surface area (Å²) in [7, 11) is 0. The van der Waals surface area contributed by atoms with E-state index in [1.54, 1.807) is 4.90 Å². The molecule has 2 atom stereocenters. The Hall–Kier alpha value is -2.08. The summed E-state index contributed by atoms with van der Waals surface area (Å²) in [5.74, 6) is 0.608. The van der Waals surface area contributed by atoms with Crippen LogP contribution in [0.25, 0.3) is 0 Å². The van der Waals surface area contributed by atoms with Gasteiger partial charge in [-0.1, -0.05) is 18.2 Å². The summed E-state index contributed by atoms with van der Waals surface area (Å²) in [6, 6.07) is 7.97. The third-order valence-electron chi connectivity index (χ3n) is 6.07. The number of hydrogen-bond acceptors (Lipinski definition) is 4. The van der Waals surface area contributed by atoms with E-state index in [1.807, 2.05) is 38.1 Å². The zero-order valence-electron chi connectivity index (χ0n) is 16.1. The second-order valence-electron chi connectivity index (χ2n) is 8.24. The Kier molecular flexibility index (Phi) is 4.84. The van der Waals surface area contributed by atoms with E-state index in [1.165, 1.54) is 0 Å². The Morgan fingerprint density at radius 3 is 2.70 bits per heavy atom. The fraction of sp³-hybridized carbons (Fsp3) is 0.619. The Balaban J connectivity index is 1.52. The van der Waals surface area contributed by atoms with E-state index < -0.39 is 0 Å². The quantitative estimate of drug-likeness (QED) is 0.885. The molecule has 0 aromatic heterocycles. The first-order valence-electron chi connectivity index (χ1n) is 9.93. The first kappa shape index (κ1) is 18.3. The number of carbonyl (C=O) groups excluding carboxylic acids is 2. The number of para-hydroxylation sites is 1. The van der Waals surface area contributed by atoms with Crippen molar-refractivity contribution in [2.24, 2.45) is 5.92 Å². The second kappa shape index (κ2) is 7.15. The summed E-state index contributed by atoms with van der Waals surface area (Å²) in [6.07, 6.45) is 2.70. The molecule has 1 aromatic carbocycles. The Morgan fingerprint density at radius 2 is 2.00 bits per heavy atom. The minimum absolute atomic E-state index is 0.0320. The SMILES string of the molecule is CC(C)N1C[C@@H](C(=O)N[C@@H]2CC3(CCOCC3)Oc3ccccc32)CC1=O. The van der Waals surface area contributed by atoms with Crippen LogP contribution in [0.15, 0.2) is 24.3 Å². The number of fused-ring (bicyclic) bond motifs is 1. The molecule has 1 aromatic rings. The van der Waals surface area contributed by atoms with Gasteiger partial charge >= 0.3 is 0 Å². The molecule has 3 heterocycles. The van der Waals surface area contributed by atoms with Crippen LogP contribution in [0, 0.1) is 5.92 Å². The van der Waals surface area contributed by atoms with E-state index >= 15 is 0 Å². The second-order valence-corrected chi connectivity index (χ2v) is 8.24. The van der Waals surface area contributed by atoms with Gasteiger partial charge in [0.05, 0.1) is 25.2 Å². The topological polar surface area (TPSA) is 67.9 Å². The lowest BCUT2D eigenvalue weighted by atomic mass is 9.82. The molecule has 6 nitrogen and oxygen atoms in total. The fourth-order valence-electron chi connectivity index (χ4n) is 4.49. The van der Waals surface area contributed by atoms with Gasteiger partial charge in [-0.3, -0.25) is 9.59 Å². The van der Waals surface area contributed by atoms with Gasteiger partial charge in [0.2, 0.25) is 11.8 Å². The summed E-state index contributed by atoms with van der Waals surface area (Å²) in [5.41, 5.74) is 0.744. The Bertz CT molecular complexity index is 727. The summed E-state index contributed by atoms with van der Waals surface area (Å²) in [6.45, 7) is 5.85. The van der Waals surface area contributed by atoms with Crippen LogP contribution >= 0.6 is 0 Å². The van der Waals surface area contributed by atoms with Crippen LogP contribution in [0.5, 0.6) is 5.75 Å². The van der Waals surface area contributed by atoms with Crippen LogP contribution < -0.4 is 10.1 Å². The average molecular weight is 372 g/mol. The third kappa shape index (κ3) is 3.55. The highest BCUT2D eigenvalue weighted by atomic mass is 16.5. The molecule has 27 heavy (non-hydrogen) atoms. The Labute approximate surface area is 160 Å². The van der Waals surface area contributed by atoms with Gasteiger partial charge in [-0.25, -0.2) is 0 Å². The number of nitrogens with zero attached hydrogens (tertiary/aromatic N) is 1. The van der Waals surface area contributed by atoms with Gasteiger partial charge in [-0.05, 0) is 19.9 Å². The highest BCUT2D eigenvalue weighted by molar-refractivity contribution is 5.89. The molecule has 2 amide bonds. The van der Waals surface area contributed by atoms with Gasteiger partial charge in [0.15, 0.2) is 0 Å². The van der Waals surface area contributed by atoms with Crippen LogP contribution in [0.1, 0.15) is 51.1 Å². The maximum atomic E-state index is 13.0. The number of ether oxygens (including phenoxy) is 2. The molecule has 1 N–H and O–H groups in total. The molecular formula is C21H28N2O4. The minimum atomic E-state index is -0.278. The Morgan fingerprint density at radius 1 is 1.26 bits per heavy atom. The van der Waals surface area contributed by atoms with Crippen molar-refractivity contribution in [2.75, 3.05) is 19.8 Å². The molecule has 0 aliphatic carbocycles. The highest BCUT2D eigenvalue weighted by Crippen LogP contribution is 2.44. The van der Waals surface area contributed by atoms with Gasteiger partial charge in [-0.15, -0.1) is 0 Å². The largest absolute Gasteiger partial charge is 0.487 e. The van der Waals surface area contributed by atoms with Crippen LogP contribution in [0.2, 0.25) is 0 Å². The molecule has 3 aliphatic heterocycles. The highest BCUT2D eigenvalue weighted by Gasteiger charge is 2.44. The minimum Gasteiger partial charge on any atom is -0.487 e. The van der Waals surface area contributed by atoms with Crippen molar-refractivity contribution in [3.05, 3.63) is 29.8 Å². The van der Waals surface area contributed by atoms with Crippen LogP contribution in [-0.2, 0) is 14.3 Å². The fourth-order valence-corrected chi connectivity index (χ4v) is 4.49. The van der Waals surface area contributed by atoms with E-state index in [9.17, 15) is 9.59 Å². The third-order valence-corrected chi connectivity index (χ3v) is 6.07. The zero-order chi connectivity index (χ0) is 19.0.